The molecule has 2 heterocycles. The summed E-state index contributed by atoms with van der Waals surface area (Å²) in [5.41, 5.74) is 3.12. The van der Waals surface area contributed by atoms with E-state index in [0.717, 1.165) is 16.9 Å². The predicted octanol–water partition coefficient (Wildman–Crippen LogP) is 1.80. The number of hydrogen-bond donors (Lipinski definition) is 2. The number of aliphatic carboxylic acids is 1. The summed E-state index contributed by atoms with van der Waals surface area (Å²) in [7, 11) is 0. The van der Waals surface area contributed by atoms with Crippen molar-refractivity contribution < 1.29 is 14.7 Å². The standard InChI is InChI=1S/C15H19N3O3/c1-3-11-14(15(21)16-7-4-5-13(19)20)18-8-6-10(2)9-12(18)17-11/h6,8-9H,3-5,7H2,1-2H3,(H,16,21)(H,19,20). The fourth-order valence-electron chi connectivity index (χ4n) is 2.21. The van der Waals surface area contributed by atoms with Gasteiger partial charge in [0.05, 0.1) is 5.69 Å². The molecule has 2 aromatic rings. The largest absolute Gasteiger partial charge is 0.481 e. The lowest BCUT2D eigenvalue weighted by atomic mass is 10.2. The van der Waals surface area contributed by atoms with E-state index < -0.39 is 5.97 Å². The van der Waals surface area contributed by atoms with Crippen LogP contribution in [0.15, 0.2) is 18.3 Å². The Morgan fingerprint density at radius 1 is 1.43 bits per heavy atom. The quantitative estimate of drug-likeness (QED) is 0.794. The second kappa shape index (κ2) is 6.39. The van der Waals surface area contributed by atoms with Gasteiger partial charge in [-0.1, -0.05) is 6.92 Å². The van der Waals surface area contributed by atoms with Crippen LogP contribution >= 0.6 is 0 Å². The number of nitrogens with one attached hydrogen (secondary N) is 1. The van der Waals surface area contributed by atoms with Gasteiger partial charge in [-0.25, -0.2) is 4.98 Å². The lowest BCUT2D eigenvalue weighted by Gasteiger charge is -2.06. The number of carbonyl (C=O) groups excluding carboxylic acids is 1. The van der Waals surface area contributed by atoms with Gasteiger partial charge in [0.25, 0.3) is 5.91 Å². The van der Waals surface area contributed by atoms with Crippen LogP contribution in [0.3, 0.4) is 0 Å². The highest BCUT2D eigenvalue weighted by Crippen LogP contribution is 2.15. The summed E-state index contributed by atoms with van der Waals surface area (Å²) in [6.45, 7) is 4.27. The Balaban J connectivity index is 2.19. The topological polar surface area (TPSA) is 83.7 Å². The molecule has 2 N–H and O–H groups in total. The van der Waals surface area contributed by atoms with Crippen LogP contribution in [0.1, 0.15) is 41.5 Å². The van der Waals surface area contributed by atoms with E-state index in [4.69, 9.17) is 5.11 Å². The molecule has 0 aliphatic rings. The average Bonchev–Trinajstić information content (AvgIpc) is 2.80. The SMILES string of the molecule is CCc1nc2cc(C)ccn2c1C(=O)NCCCC(=O)O. The van der Waals surface area contributed by atoms with Crippen LogP contribution in [-0.4, -0.2) is 32.9 Å². The number of hydrogen-bond acceptors (Lipinski definition) is 3. The zero-order valence-electron chi connectivity index (χ0n) is 12.2. The molecule has 1 amide bonds. The van der Waals surface area contributed by atoms with E-state index in [2.05, 4.69) is 10.3 Å². The Morgan fingerprint density at radius 3 is 2.86 bits per heavy atom. The molecule has 112 valence electrons. The van der Waals surface area contributed by atoms with Gasteiger partial charge in [-0.3, -0.25) is 14.0 Å². The maximum Gasteiger partial charge on any atom is 0.303 e. The van der Waals surface area contributed by atoms with Gasteiger partial charge in [-0.05, 0) is 37.5 Å². The summed E-state index contributed by atoms with van der Waals surface area (Å²) < 4.78 is 1.78. The maximum atomic E-state index is 12.3. The van der Waals surface area contributed by atoms with Crippen LogP contribution < -0.4 is 5.32 Å². The zero-order chi connectivity index (χ0) is 15.4. The monoisotopic (exact) mass is 289 g/mol. The molecule has 0 saturated heterocycles. The molecule has 0 aliphatic carbocycles. The van der Waals surface area contributed by atoms with Crippen LogP contribution in [0.25, 0.3) is 5.65 Å². The van der Waals surface area contributed by atoms with Crippen LogP contribution in [0.5, 0.6) is 0 Å². The van der Waals surface area contributed by atoms with Gasteiger partial charge in [-0.2, -0.15) is 0 Å². The number of fused-ring (bicyclic) bond motifs is 1. The number of carboxylic acid groups (broad SMARTS) is 1. The van der Waals surface area contributed by atoms with E-state index in [0.29, 0.717) is 25.1 Å². The van der Waals surface area contributed by atoms with Crippen LogP contribution in [-0.2, 0) is 11.2 Å². The summed E-state index contributed by atoms with van der Waals surface area (Å²) in [4.78, 5) is 27.2. The Hall–Kier alpha value is -2.37. The van der Waals surface area contributed by atoms with E-state index in [9.17, 15) is 9.59 Å². The first-order valence-electron chi connectivity index (χ1n) is 7.00. The fourth-order valence-corrected chi connectivity index (χ4v) is 2.21. The Morgan fingerprint density at radius 2 is 2.19 bits per heavy atom. The average molecular weight is 289 g/mol. The number of pyridine rings is 1. The molecule has 6 heteroatoms. The molecule has 0 saturated carbocycles. The van der Waals surface area contributed by atoms with Crippen molar-refractivity contribution in [2.24, 2.45) is 0 Å². The van der Waals surface area contributed by atoms with Crippen molar-refractivity contribution >= 4 is 17.5 Å². The number of carboxylic acids is 1. The Labute approximate surface area is 122 Å². The van der Waals surface area contributed by atoms with Gasteiger partial charge < -0.3 is 10.4 Å². The molecule has 6 nitrogen and oxygen atoms in total. The fraction of sp³-hybridized carbons (Fsp3) is 0.400. The number of aryl methyl sites for hydroxylation is 2. The van der Waals surface area contributed by atoms with Gasteiger partial charge in [0.2, 0.25) is 0 Å². The minimum atomic E-state index is -0.858. The number of imidazole rings is 1. The maximum absolute atomic E-state index is 12.3. The molecule has 0 unspecified atom stereocenters. The minimum absolute atomic E-state index is 0.0489. The molecule has 0 aliphatic heterocycles. The summed E-state index contributed by atoms with van der Waals surface area (Å²) in [5, 5.41) is 11.3. The Bertz CT molecular complexity index is 676. The van der Waals surface area contributed by atoms with E-state index in [-0.39, 0.29) is 12.3 Å². The van der Waals surface area contributed by atoms with E-state index in [1.165, 1.54) is 0 Å². The highest BCUT2D eigenvalue weighted by Gasteiger charge is 2.17. The molecule has 0 bridgehead atoms. The lowest BCUT2D eigenvalue weighted by molar-refractivity contribution is -0.137. The second-order valence-corrected chi connectivity index (χ2v) is 4.95. The summed E-state index contributed by atoms with van der Waals surface area (Å²) >= 11 is 0. The van der Waals surface area contributed by atoms with E-state index >= 15 is 0 Å². The van der Waals surface area contributed by atoms with Crippen molar-refractivity contribution in [2.45, 2.75) is 33.1 Å². The van der Waals surface area contributed by atoms with Gasteiger partial charge in [0.15, 0.2) is 0 Å². The molecule has 21 heavy (non-hydrogen) atoms. The highest BCUT2D eigenvalue weighted by molar-refractivity contribution is 5.94. The number of rotatable bonds is 6. The first-order chi connectivity index (χ1) is 10.0. The van der Waals surface area contributed by atoms with Crippen LogP contribution in [0, 0.1) is 6.92 Å². The van der Waals surface area contributed by atoms with Crippen molar-refractivity contribution in [2.75, 3.05) is 6.54 Å². The third-order valence-corrected chi connectivity index (χ3v) is 3.26. The van der Waals surface area contributed by atoms with E-state index in [1.54, 1.807) is 4.40 Å². The van der Waals surface area contributed by atoms with Crippen molar-refractivity contribution in [3.05, 3.63) is 35.3 Å². The van der Waals surface area contributed by atoms with Crippen LogP contribution in [0.4, 0.5) is 0 Å². The highest BCUT2D eigenvalue weighted by atomic mass is 16.4. The number of nitrogens with zero attached hydrogens (tertiary/aromatic N) is 2. The first kappa shape index (κ1) is 15.0. The predicted molar refractivity (Wildman–Crippen MR) is 78.5 cm³/mol. The molecule has 2 rings (SSSR count). The minimum Gasteiger partial charge on any atom is -0.481 e. The zero-order valence-corrected chi connectivity index (χ0v) is 12.2. The number of carbonyl (C=O) groups is 2. The van der Waals surface area contributed by atoms with Gasteiger partial charge in [-0.15, -0.1) is 0 Å². The number of aromatic nitrogens is 2. The molecular formula is C15H19N3O3. The molecule has 0 fully saturated rings. The second-order valence-electron chi connectivity index (χ2n) is 4.95. The molecular weight excluding hydrogens is 270 g/mol. The smallest absolute Gasteiger partial charge is 0.303 e. The Kier molecular flexibility index (Phi) is 4.57. The number of amides is 1. The van der Waals surface area contributed by atoms with Gasteiger partial charge in [0.1, 0.15) is 11.3 Å². The van der Waals surface area contributed by atoms with Crippen molar-refractivity contribution in [3.8, 4) is 0 Å². The third-order valence-electron chi connectivity index (χ3n) is 3.26. The first-order valence-corrected chi connectivity index (χ1v) is 7.00. The molecule has 0 aromatic carbocycles. The van der Waals surface area contributed by atoms with E-state index in [1.807, 2.05) is 32.2 Å². The summed E-state index contributed by atoms with van der Waals surface area (Å²) in [5.74, 6) is -1.07. The van der Waals surface area contributed by atoms with Crippen molar-refractivity contribution in [3.63, 3.8) is 0 Å². The van der Waals surface area contributed by atoms with Gasteiger partial charge in [0, 0.05) is 19.2 Å². The molecule has 0 radical (unpaired) electrons. The lowest BCUT2D eigenvalue weighted by Crippen LogP contribution is -2.27. The molecule has 2 aromatic heterocycles. The van der Waals surface area contributed by atoms with Gasteiger partial charge >= 0.3 is 5.97 Å². The van der Waals surface area contributed by atoms with Crippen LogP contribution in [0.2, 0.25) is 0 Å². The summed E-state index contributed by atoms with van der Waals surface area (Å²) in [6.07, 6.45) is 2.97. The van der Waals surface area contributed by atoms with Crippen molar-refractivity contribution in [1.82, 2.24) is 14.7 Å². The molecule has 0 atom stereocenters. The summed E-state index contributed by atoms with van der Waals surface area (Å²) in [6, 6.07) is 3.86. The van der Waals surface area contributed by atoms with Crippen molar-refractivity contribution in [1.29, 1.82) is 0 Å². The molecule has 0 spiro atoms. The third kappa shape index (κ3) is 3.39. The normalized spacial score (nSPS) is 10.8.